The van der Waals surface area contributed by atoms with Crippen LogP contribution >= 0.6 is 0 Å². The van der Waals surface area contributed by atoms with Crippen LogP contribution in [0.15, 0.2) is 89.3 Å². The van der Waals surface area contributed by atoms with Gasteiger partial charge < -0.3 is 19.4 Å². The fourth-order valence-corrected chi connectivity index (χ4v) is 4.01. The molecule has 4 rings (SSSR count). The molecule has 1 N–H and O–H groups in total. The Balaban J connectivity index is 1.43. The van der Waals surface area contributed by atoms with Crippen molar-refractivity contribution in [3.63, 3.8) is 0 Å². The quantitative estimate of drug-likeness (QED) is 0.338. The van der Waals surface area contributed by atoms with E-state index in [0.717, 1.165) is 33.9 Å². The maximum atomic E-state index is 12.7. The first-order valence-electron chi connectivity index (χ1n) is 11.7. The number of aryl methyl sites for hydroxylation is 1. The maximum Gasteiger partial charge on any atom is 0.220 e. The molecular weight excluding hydrogens is 438 g/mol. The summed E-state index contributed by atoms with van der Waals surface area (Å²) >= 11 is 0. The van der Waals surface area contributed by atoms with Crippen molar-refractivity contribution < 1.29 is 13.9 Å². The summed E-state index contributed by atoms with van der Waals surface area (Å²) in [6, 6.07) is 27.9. The zero-order valence-corrected chi connectivity index (χ0v) is 20.4. The van der Waals surface area contributed by atoms with Gasteiger partial charge in [0.2, 0.25) is 5.91 Å². The Bertz CT molecular complexity index is 1180. The summed E-state index contributed by atoms with van der Waals surface area (Å²) in [7, 11) is 5.65. The monoisotopic (exact) mass is 469 g/mol. The second kappa shape index (κ2) is 11.5. The first kappa shape index (κ1) is 24.2. The minimum absolute atomic E-state index is 0.0326. The molecule has 3 aromatic carbocycles. The van der Waals surface area contributed by atoms with E-state index in [9.17, 15) is 4.79 Å². The zero-order chi connectivity index (χ0) is 24.6. The Hall–Kier alpha value is -3.90. The van der Waals surface area contributed by atoms with Gasteiger partial charge in [0, 0.05) is 30.5 Å². The van der Waals surface area contributed by atoms with Crippen LogP contribution in [0.25, 0.3) is 22.6 Å². The van der Waals surface area contributed by atoms with E-state index >= 15 is 0 Å². The van der Waals surface area contributed by atoms with Crippen LogP contribution < -0.4 is 10.1 Å². The third kappa shape index (κ3) is 6.16. The highest BCUT2D eigenvalue weighted by Crippen LogP contribution is 2.32. The summed E-state index contributed by atoms with van der Waals surface area (Å²) in [5.74, 6) is 2.03. The van der Waals surface area contributed by atoms with Gasteiger partial charge in [0.25, 0.3) is 0 Å². The Morgan fingerprint density at radius 3 is 2.31 bits per heavy atom. The summed E-state index contributed by atoms with van der Waals surface area (Å²) < 4.78 is 11.5. The molecule has 0 saturated carbocycles. The molecule has 0 radical (unpaired) electrons. The van der Waals surface area contributed by atoms with Crippen molar-refractivity contribution in [2.75, 3.05) is 27.7 Å². The van der Waals surface area contributed by atoms with E-state index in [2.05, 4.69) is 10.2 Å². The smallest absolute Gasteiger partial charge is 0.220 e. The lowest BCUT2D eigenvalue weighted by atomic mass is 10.1. The van der Waals surface area contributed by atoms with E-state index in [1.807, 2.05) is 99.0 Å². The molecule has 0 bridgehead atoms. The van der Waals surface area contributed by atoms with Crippen LogP contribution in [0.4, 0.5) is 0 Å². The second-order valence-corrected chi connectivity index (χ2v) is 8.58. The van der Waals surface area contributed by atoms with Gasteiger partial charge in [-0.25, -0.2) is 4.98 Å². The molecule has 4 aromatic rings. The summed E-state index contributed by atoms with van der Waals surface area (Å²) in [4.78, 5) is 19.5. The summed E-state index contributed by atoms with van der Waals surface area (Å²) in [5.41, 5.74) is 3.82. The normalized spacial score (nSPS) is 11.9. The molecule has 0 saturated heterocycles. The maximum absolute atomic E-state index is 12.7. The van der Waals surface area contributed by atoms with E-state index in [-0.39, 0.29) is 11.9 Å². The minimum atomic E-state index is -0.0412. The number of likely N-dealkylation sites (N-methyl/N-ethyl adjacent to an activating group) is 1. The highest BCUT2D eigenvalue weighted by molar-refractivity contribution is 5.78. The van der Waals surface area contributed by atoms with Crippen LogP contribution in [0, 0.1) is 0 Å². The molecule has 0 fully saturated rings. The molecule has 1 amide bonds. The van der Waals surface area contributed by atoms with Gasteiger partial charge in [-0.3, -0.25) is 4.79 Å². The lowest BCUT2D eigenvalue weighted by Gasteiger charge is -2.25. The van der Waals surface area contributed by atoms with Gasteiger partial charge in [-0.1, -0.05) is 72.8 Å². The molecule has 1 aromatic heterocycles. The van der Waals surface area contributed by atoms with Gasteiger partial charge in [0.15, 0.2) is 11.7 Å². The third-order valence-electron chi connectivity index (χ3n) is 5.92. The largest absolute Gasteiger partial charge is 0.497 e. The zero-order valence-electron chi connectivity index (χ0n) is 20.4. The van der Waals surface area contributed by atoms with E-state index in [1.54, 1.807) is 7.11 Å². The number of hydrogen-bond donors (Lipinski definition) is 1. The molecule has 6 heteroatoms. The molecule has 6 nitrogen and oxygen atoms in total. The molecule has 0 spiro atoms. The topological polar surface area (TPSA) is 67.6 Å². The molecule has 180 valence electrons. The number of rotatable bonds is 10. The van der Waals surface area contributed by atoms with Crippen molar-refractivity contribution >= 4 is 5.91 Å². The van der Waals surface area contributed by atoms with Crippen LogP contribution in [0.1, 0.15) is 23.9 Å². The van der Waals surface area contributed by atoms with Crippen LogP contribution in [0.3, 0.4) is 0 Å². The third-order valence-corrected chi connectivity index (χ3v) is 5.92. The first-order chi connectivity index (χ1) is 17.0. The Kier molecular flexibility index (Phi) is 7.95. The van der Waals surface area contributed by atoms with Crippen molar-refractivity contribution in [1.29, 1.82) is 0 Å². The lowest BCUT2D eigenvalue weighted by Crippen LogP contribution is -2.34. The highest BCUT2D eigenvalue weighted by Gasteiger charge is 2.19. The predicted octanol–water partition coefficient (Wildman–Crippen LogP) is 5.37. The summed E-state index contributed by atoms with van der Waals surface area (Å²) in [5, 5.41) is 3.06. The van der Waals surface area contributed by atoms with Crippen molar-refractivity contribution in [1.82, 2.24) is 15.2 Å². The highest BCUT2D eigenvalue weighted by atomic mass is 16.5. The SMILES string of the molecule is COc1cccc([C@H](CNC(=O)CCc2nc(-c3ccccc3)c(-c3ccccc3)o2)N(C)C)c1. The Morgan fingerprint density at radius 1 is 0.971 bits per heavy atom. The molecule has 0 aliphatic heterocycles. The number of nitrogens with one attached hydrogen (secondary N) is 1. The Morgan fingerprint density at radius 2 is 1.66 bits per heavy atom. The second-order valence-electron chi connectivity index (χ2n) is 8.58. The number of aromatic nitrogens is 1. The summed E-state index contributed by atoms with van der Waals surface area (Å²) in [6.45, 7) is 0.495. The van der Waals surface area contributed by atoms with E-state index < -0.39 is 0 Å². The average Bonchev–Trinajstić information content (AvgIpc) is 3.33. The molecule has 0 aliphatic carbocycles. The van der Waals surface area contributed by atoms with Crippen LogP contribution in [0.2, 0.25) is 0 Å². The van der Waals surface area contributed by atoms with Crippen LogP contribution in [0.5, 0.6) is 5.75 Å². The Labute approximate surface area is 206 Å². The number of carbonyl (C=O) groups excluding carboxylic acids is 1. The standard InChI is InChI=1S/C29H31N3O3/c1-32(2)25(23-15-10-16-24(19-23)34-3)20-30-26(33)17-18-27-31-28(21-11-6-4-7-12-21)29(35-27)22-13-8-5-9-14-22/h4-16,19,25H,17-18,20H2,1-3H3,(H,30,33)/t25-/m0/s1. The number of benzene rings is 3. The van der Waals surface area contributed by atoms with Gasteiger partial charge in [-0.05, 0) is 31.8 Å². The number of hydrogen-bond acceptors (Lipinski definition) is 5. The van der Waals surface area contributed by atoms with Crippen molar-refractivity contribution in [2.45, 2.75) is 18.9 Å². The van der Waals surface area contributed by atoms with Crippen LogP contribution in [-0.2, 0) is 11.2 Å². The molecule has 1 heterocycles. The number of methoxy groups -OCH3 is 1. The molecule has 35 heavy (non-hydrogen) atoms. The van der Waals surface area contributed by atoms with E-state index in [0.29, 0.717) is 25.3 Å². The molecule has 0 aliphatic rings. The number of carbonyl (C=O) groups is 1. The first-order valence-corrected chi connectivity index (χ1v) is 11.7. The fraction of sp³-hybridized carbons (Fsp3) is 0.241. The molecular formula is C29H31N3O3. The number of oxazole rings is 1. The molecule has 0 unspecified atom stereocenters. The van der Waals surface area contributed by atoms with Gasteiger partial charge in [-0.2, -0.15) is 0 Å². The van der Waals surface area contributed by atoms with Crippen molar-refractivity contribution in [3.05, 3.63) is 96.4 Å². The lowest BCUT2D eigenvalue weighted by molar-refractivity contribution is -0.121. The fourth-order valence-electron chi connectivity index (χ4n) is 4.01. The predicted molar refractivity (Wildman–Crippen MR) is 138 cm³/mol. The van der Waals surface area contributed by atoms with E-state index in [1.165, 1.54) is 0 Å². The van der Waals surface area contributed by atoms with Crippen molar-refractivity contribution in [3.8, 4) is 28.3 Å². The van der Waals surface area contributed by atoms with Gasteiger partial charge in [0.05, 0.1) is 13.2 Å². The summed E-state index contributed by atoms with van der Waals surface area (Å²) in [6.07, 6.45) is 0.714. The van der Waals surface area contributed by atoms with Gasteiger partial charge >= 0.3 is 0 Å². The number of nitrogens with zero attached hydrogens (tertiary/aromatic N) is 2. The van der Waals surface area contributed by atoms with Crippen LogP contribution in [-0.4, -0.2) is 43.5 Å². The van der Waals surface area contributed by atoms with E-state index in [4.69, 9.17) is 14.1 Å². The number of amides is 1. The molecule has 1 atom stereocenters. The van der Waals surface area contributed by atoms with Gasteiger partial charge in [0.1, 0.15) is 11.4 Å². The van der Waals surface area contributed by atoms with Crippen molar-refractivity contribution in [2.24, 2.45) is 0 Å². The number of ether oxygens (including phenoxy) is 1. The average molecular weight is 470 g/mol. The minimum Gasteiger partial charge on any atom is -0.497 e. The van der Waals surface area contributed by atoms with Gasteiger partial charge in [-0.15, -0.1) is 0 Å².